The predicted molar refractivity (Wildman–Crippen MR) is 434 cm³/mol. The summed E-state index contributed by atoms with van der Waals surface area (Å²) in [7, 11) is 1.75. The van der Waals surface area contributed by atoms with Crippen LogP contribution in [0.4, 0.5) is 83.8 Å². The number of aromatic nitrogens is 6. The molecule has 11 rings (SSSR count). The summed E-state index contributed by atoms with van der Waals surface area (Å²) in [5.41, 5.74) is -11.8. The standard InChI is InChI=1S/C30H37F6NO4.2C27H29F6N3O3.C3H7N.C2H6O/c1-20(21-16-23(29(31,32)33)18-24(17-21)30(34,35)36)40-19-27(22-8-6-5-7-9-22)10-12-28(13-11-27,14-15-38)37-25(39)41-26(2,3)4;2*1-18(19-13-21(26(28,29)30)15-22(14-19)27(31,32)33)39-16-24(20-5-3-2-4-6-20)7-9-25(10-8-24,11-12-37)36-17-34-35-23(36)38;1-3-4-2;1-2-3/h5-9,16-18,20,38H,10-15,19H2,1-4H3,(H,37,39);2*2-6,13-15,17-18,37H,7-12,16H2,1H3,(H,35,38);3H,1-2H3;3H,2H2,1H3/t20-,27?,28?;2*18-,24?,25?;;/m111../s1. The van der Waals surface area contributed by atoms with Crippen molar-refractivity contribution in [1.82, 2.24) is 34.8 Å². The Bertz CT molecular complexity index is 4540. The first-order valence-electron chi connectivity index (χ1n) is 40.8. The van der Waals surface area contributed by atoms with Gasteiger partial charge in [-0.15, -0.1) is 0 Å². The van der Waals surface area contributed by atoms with E-state index < -0.39 is 145 Å². The third kappa shape index (κ3) is 27.6. The molecule has 37 heteroatoms. The molecule has 2 aromatic heterocycles. The molecule has 3 atom stereocenters. The molecule has 7 N–H and O–H groups in total. The number of aliphatic hydroxyl groups excluding tert-OH is 4. The number of H-pyrrole nitrogens is 2. The summed E-state index contributed by atoms with van der Waals surface area (Å²) >= 11 is 0. The van der Waals surface area contributed by atoms with Crippen LogP contribution in [0.5, 0.6) is 0 Å². The number of aromatic amines is 2. The van der Waals surface area contributed by atoms with Gasteiger partial charge in [-0.25, -0.2) is 24.6 Å². The Hall–Kier alpha value is -9.40. The maximum atomic E-state index is 13.4. The van der Waals surface area contributed by atoms with Crippen LogP contribution in [0, 0.1) is 0 Å². The lowest BCUT2D eigenvalue weighted by Crippen LogP contribution is -2.55. The number of ether oxygens (including phenoxy) is 4. The zero-order chi connectivity index (χ0) is 93.8. The molecule has 0 saturated heterocycles. The number of alkyl carbamates (subject to hydrolysis) is 1. The van der Waals surface area contributed by atoms with E-state index in [-0.39, 0.29) is 81.1 Å². The minimum atomic E-state index is -4.96. The largest absolute Gasteiger partial charge is 0.444 e. The first-order chi connectivity index (χ1) is 58.8. The average molecular weight is 1810 g/mol. The predicted octanol–water partition coefficient (Wildman–Crippen LogP) is 20.6. The van der Waals surface area contributed by atoms with E-state index in [0.29, 0.717) is 133 Å². The van der Waals surface area contributed by atoms with Gasteiger partial charge < -0.3 is 49.7 Å². The third-order valence-corrected chi connectivity index (χ3v) is 23.6. The van der Waals surface area contributed by atoms with Crippen LogP contribution in [-0.2, 0) is 83.3 Å². The third-order valence-electron chi connectivity index (χ3n) is 23.6. The summed E-state index contributed by atoms with van der Waals surface area (Å²) in [4.78, 5) is 41.0. The monoisotopic (exact) mass is 1810 g/mol. The number of nitrogens with one attached hydrogen (secondary N) is 3. The van der Waals surface area contributed by atoms with Crippen molar-refractivity contribution < 1.29 is 123 Å². The average Bonchev–Trinajstić information content (AvgIpc) is 1.33. The highest BCUT2D eigenvalue weighted by Crippen LogP contribution is 2.52. The molecule has 6 aromatic carbocycles. The number of rotatable bonds is 24. The van der Waals surface area contributed by atoms with Crippen molar-refractivity contribution in [3.05, 3.63) is 246 Å². The Morgan fingerprint density at radius 2 is 0.690 bits per heavy atom. The molecular formula is C89H108F18N8O11. The molecule has 0 aliphatic heterocycles. The quantitative estimate of drug-likeness (QED) is 0.0220. The second-order valence-corrected chi connectivity index (χ2v) is 33.0. The molecule has 0 spiro atoms. The lowest BCUT2D eigenvalue weighted by molar-refractivity contribution is -0.145. The van der Waals surface area contributed by atoms with Gasteiger partial charge in [0.2, 0.25) is 0 Å². The number of alkyl halides is 18. The number of carbonyl (C=O) groups excluding carboxylic acids is 1. The van der Waals surface area contributed by atoms with Crippen LogP contribution in [0.3, 0.4) is 0 Å². The van der Waals surface area contributed by atoms with Crippen LogP contribution in [-0.4, -0.2) is 127 Å². The van der Waals surface area contributed by atoms with Crippen molar-refractivity contribution in [1.29, 1.82) is 0 Å². The number of amides is 1. The van der Waals surface area contributed by atoms with Crippen molar-refractivity contribution in [2.45, 2.75) is 246 Å². The SMILES string of the molecule is CC=NC.CCO.C[C@@H](OCC1(c2ccccc2)CCC(CCO)(NC(=O)OC(C)(C)C)CC1)c1cc(C(F)(F)F)cc(C(F)(F)F)c1.C[C@@H](OCC1(c2ccccc2)CCC(CCO)(n2cn[nH]c2=O)CC1)c1cc(C(F)(F)F)cc(C(F)(F)F)c1.C[C@@H](OCC1(c2ccccc2)CCC(CCO)(n2cn[nH]c2=O)CC1)c1cc(C(F)(F)F)cc(C(F)(F)F)c1. The van der Waals surface area contributed by atoms with Crippen LogP contribution in [0.25, 0.3) is 0 Å². The van der Waals surface area contributed by atoms with Crippen LogP contribution in [0.1, 0.15) is 237 Å². The van der Waals surface area contributed by atoms with Crippen molar-refractivity contribution in [2.24, 2.45) is 4.99 Å². The van der Waals surface area contributed by atoms with Crippen molar-refractivity contribution >= 4 is 12.3 Å². The molecule has 3 aliphatic carbocycles. The summed E-state index contributed by atoms with van der Waals surface area (Å²) in [6.45, 7) is 13.0. The molecule has 0 unspecified atom stereocenters. The zero-order valence-corrected chi connectivity index (χ0v) is 71.1. The molecule has 126 heavy (non-hydrogen) atoms. The first-order valence-corrected chi connectivity index (χ1v) is 40.8. The fourth-order valence-corrected chi connectivity index (χ4v) is 16.3. The lowest BCUT2D eigenvalue weighted by Gasteiger charge is -2.47. The summed E-state index contributed by atoms with van der Waals surface area (Å²) in [6.07, 6.45) is -22.3. The summed E-state index contributed by atoms with van der Waals surface area (Å²) < 4.78 is 268. The number of halogens is 18. The van der Waals surface area contributed by atoms with Crippen LogP contribution in [0.2, 0.25) is 0 Å². The Morgan fingerprint density at radius 1 is 0.444 bits per heavy atom. The summed E-state index contributed by atoms with van der Waals surface area (Å²) in [6, 6.07) is 32.4. The number of aliphatic imine (C=N–C) groups is 1. The smallest absolute Gasteiger partial charge is 0.416 e. The number of carbonyl (C=O) groups is 1. The second kappa shape index (κ2) is 43.1. The topological polar surface area (TPSA) is 261 Å². The van der Waals surface area contributed by atoms with Crippen molar-refractivity contribution in [3.8, 4) is 0 Å². The maximum absolute atomic E-state index is 13.4. The Balaban J connectivity index is 0.000000250. The van der Waals surface area contributed by atoms with Gasteiger partial charge in [0, 0.05) is 55.3 Å². The normalized spacial score (nSPS) is 22.1. The molecule has 8 aromatic rings. The molecule has 3 fully saturated rings. The number of hydrogen-bond donors (Lipinski definition) is 7. The highest BCUT2D eigenvalue weighted by molar-refractivity contribution is 5.69. The molecule has 2 heterocycles. The van der Waals surface area contributed by atoms with Gasteiger partial charge in [-0.2, -0.15) is 89.2 Å². The van der Waals surface area contributed by atoms with E-state index in [1.54, 1.807) is 41.0 Å². The van der Waals surface area contributed by atoms with Gasteiger partial charge in [0.15, 0.2) is 0 Å². The first kappa shape index (κ1) is 104. The minimum Gasteiger partial charge on any atom is -0.444 e. The minimum absolute atomic E-state index is 0.0252. The van der Waals surface area contributed by atoms with E-state index in [9.17, 15) is 109 Å². The van der Waals surface area contributed by atoms with Gasteiger partial charge in [-0.05, 0) is 246 Å². The highest BCUT2D eigenvalue weighted by atomic mass is 19.4. The fourth-order valence-electron chi connectivity index (χ4n) is 16.3. The van der Waals surface area contributed by atoms with Gasteiger partial charge in [0.1, 0.15) is 18.3 Å². The van der Waals surface area contributed by atoms with Crippen LogP contribution < -0.4 is 16.7 Å². The zero-order valence-electron chi connectivity index (χ0n) is 71.1. The number of benzene rings is 6. The molecule has 0 radical (unpaired) electrons. The number of aliphatic hydroxyl groups is 4. The van der Waals surface area contributed by atoms with Crippen LogP contribution in [0.15, 0.2) is 173 Å². The maximum Gasteiger partial charge on any atom is 0.416 e. The Kier molecular flexibility index (Phi) is 35.5. The van der Waals surface area contributed by atoms with E-state index in [0.717, 1.165) is 16.7 Å². The molecule has 1 amide bonds. The van der Waals surface area contributed by atoms with Crippen molar-refractivity contribution in [2.75, 3.05) is 53.3 Å². The van der Waals surface area contributed by atoms with Gasteiger partial charge in [-0.1, -0.05) is 91.0 Å². The molecule has 3 aliphatic rings. The van der Waals surface area contributed by atoms with E-state index in [2.05, 4.69) is 30.7 Å². The number of hydrogen-bond acceptors (Lipinski definition) is 14. The molecular weight excluding hydrogens is 1700 g/mol. The highest BCUT2D eigenvalue weighted by Gasteiger charge is 2.51. The van der Waals surface area contributed by atoms with Gasteiger partial charge in [0.05, 0.1) is 82.6 Å². The second-order valence-electron chi connectivity index (χ2n) is 33.0. The Morgan fingerprint density at radius 3 is 0.897 bits per heavy atom. The van der Waals surface area contributed by atoms with Gasteiger partial charge >= 0.3 is 54.5 Å². The van der Waals surface area contributed by atoms with E-state index in [4.69, 9.17) is 24.1 Å². The van der Waals surface area contributed by atoms with Gasteiger partial charge in [0.25, 0.3) is 0 Å². The number of nitrogens with zero attached hydrogens (tertiary/aromatic N) is 5. The van der Waals surface area contributed by atoms with E-state index in [1.807, 2.05) is 97.9 Å². The fraction of sp³-hybridized carbons (Fsp3) is 0.528. The molecule has 0 bridgehead atoms. The lowest BCUT2D eigenvalue weighted by atomic mass is 9.63. The Labute approximate surface area is 717 Å². The van der Waals surface area contributed by atoms with Crippen LogP contribution >= 0.6 is 0 Å². The summed E-state index contributed by atoms with van der Waals surface area (Å²) in [5.74, 6) is 0. The van der Waals surface area contributed by atoms with E-state index in [1.165, 1.54) is 42.6 Å². The van der Waals surface area contributed by atoms with Gasteiger partial charge in [-0.3, -0.25) is 9.13 Å². The summed E-state index contributed by atoms with van der Waals surface area (Å²) in [5, 5.41) is 52.2. The van der Waals surface area contributed by atoms with E-state index >= 15 is 0 Å². The molecule has 19 nitrogen and oxygen atoms in total. The van der Waals surface area contributed by atoms with Crippen molar-refractivity contribution in [3.63, 3.8) is 0 Å². The molecule has 696 valence electrons. The molecule has 3 saturated carbocycles.